The van der Waals surface area contributed by atoms with E-state index in [-0.39, 0.29) is 12.0 Å². The molecular weight excluding hydrogens is 410 g/mol. The minimum absolute atomic E-state index is 0.0766. The lowest BCUT2D eigenvalue weighted by atomic mass is 9.98. The fraction of sp³-hybridized carbons (Fsp3) is 0.143. The third-order valence-electron chi connectivity index (χ3n) is 5.90. The zero-order valence-corrected chi connectivity index (χ0v) is 18.2. The molecule has 1 aromatic heterocycles. The number of fused-ring (bicyclic) bond motifs is 3. The molecule has 0 saturated heterocycles. The van der Waals surface area contributed by atoms with Gasteiger partial charge in [-0.1, -0.05) is 72.8 Å². The van der Waals surface area contributed by atoms with Gasteiger partial charge in [0.15, 0.2) is 0 Å². The highest BCUT2D eigenvalue weighted by Gasteiger charge is 2.28. The van der Waals surface area contributed by atoms with E-state index in [1.54, 1.807) is 6.20 Å². The molecule has 0 radical (unpaired) electrons. The lowest BCUT2D eigenvalue weighted by molar-refractivity contribution is 0.143. The van der Waals surface area contributed by atoms with Gasteiger partial charge in [-0.2, -0.15) is 5.10 Å². The van der Waals surface area contributed by atoms with Gasteiger partial charge in [-0.3, -0.25) is 0 Å². The molecule has 3 aromatic carbocycles. The second kappa shape index (κ2) is 9.57. The molecule has 1 aliphatic carbocycles. The number of hydrogen-bond acceptors (Lipinski definition) is 3. The summed E-state index contributed by atoms with van der Waals surface area (Å²) >= 11 is 0. The zero-order valence-electron chi connectivity index (χ0n) is 18.2. The molecule has 0 atom stereocenters. The van der Waals surface area contributed by atoms with Crippen molar-refractivity contribution in [3.8, 4) is 16.8 Å². The van der Waals surface area contributed by atoms with Crippen LogP contribution >= 0.6 is 0 Å². The Morgan fingerprint density at radius 1 is 0.939 bits per heavy atom. The highest BCUT2D eigenvalue weighted by molar-refractivity contribution is 5.79. The van der Waals surface area contributed by atoms with Gasteiger partial charge in [0.05, 0.1) is 5.69 Å². The summed E-state index contributed by atoms with van der Waals surface area (Å²) < 4.78 is 7.40. The standard InChI is InChI=1S/C28H25N3O2/c32-28(29-17-6-5-8-21-13-15-22(16-14-21)31-19-7-18-30-31)33-20-27-25-11-3-1-9-23(25)24-10-2-4-12-26(24)27/h1-5,7-16,18-19,27H,6,17,20H2,(H,29,32). The molecule has 1 heterocycles. The van der Waals surface area contributed by atoms with Crippen molar-refractivity contribution in [3.05, 3.63) is 114 Å². The van der Waals surface area contributed by atoms with Crippen LogP contribution in [0.2, 0.25) is 0 Å². The van der Waals surface area contributed by atoms with Crippen LogP contribution in [-0.4, -0.2) is 29.0 Å². The maximum absolute atomic E-state index is 12.2. The van der Waals surface area contributed by atoms with Crippen LogP contribution in [0, 0.1) is 0 Å². The number of benzene rings is 3. The Morgan fingerprint density at radius 2 is 1.64 bits per heavy atom. The van der Waals surface area contributed by atoms with E-state index in [0.717, 1.165) is 17.7 Å². The fourth-order valence-corrected chi connectivity index (χ4v) is 4.29. The van der Waals surface area contributed by atoms with E-state index < -0.39 is 0 Å². The topological polar surface area (TPSA) is 56.2 Å². The molecule has 1 amide bonds. The third kappa shape index (κ3) is 4.58. The summed E-state index contributed by atoms with van der Waals surface area (Å²) in [5.41, 5.74) is 7.01. The summed E-state index contributed by atoms with van der Waals surface area (Å²) in [6.45, 7) is 0.858. The number of hydrogen-bond donors (Lipinski definition) is 1. The Kier molecular flexibility index (Phi) is 6.02. The summed E-state index contributed by atoms with van der Waals surface area (Å²) in [4.78, 5) is 12.2. The molecule has 1 aliphatic rings. The van der Waals surface area contributed by atoms with Gasteiger partial charge in [-0.05, 0) is 52.4 Å². The number of carbonyl (C=O) groups is 1. The van der Waals surface area contributed by atoms with Crippen molar-refractivity contribution < 1.29 is 9.53 Å². The molecule has 0 bridgehead atoms. The van der Waals surface area contributed by atoms with Crippen LogP contribution in [-0.2, 0) is 4.74 Å². The predicted molar refractivity (Wildman–Crippen MR) is 130 cm³/mol. The van der Waals surface area contributed by atoms with Crippen LogP contribution in [0.15, 0.2) is 97.3 Å². The summed E-state index contributed by atoms with van der Waals surface area (Å²) in [5, 5.41) is 7.07. The van der Waals surface area contributed by atoms with Crippen LogP contribution in [0.4, 0.5) is 4.79 Å². The molecular formula is C28H25N3O2. The van der Waals surface area contributed by atoms with Gasteiger partial charge in [-0.15, -0.1) is 0 Å². The summed E-state index contributed by atoms with van der Waals surface area (Å²) in [6.07, 6.45) is 8.12. The van der Waals surface area contributed by atoms with Gasteiger partial charge in [0.25, 0.3) is 0 Å². The van der Waals surface area contributed by atoms with E-state index in [0.29, 0.717) is 13.2 Å². The molecule has 5 nitrogen and oxygen atoms in total. The molecule has 0 fully saturated rings. The number of ether oxygens (including phenoxy) is 1. The number of aromatic nitrogens is 2. The quantitative estimate of drug-likeness (QED) is 0.373. The van der Waals surface area contributed by atoms with Gasteiger partial charge >= 0.3 is 6.09 Å². The van der Waals surface area contributed by atoms with Crippen LogP contribution < -0.4 is 5.32 Å². The fourth-order valence-electron chi connectivity index (χ4n) is 4.29. The van der Waals surface area contributed by atoms with Crippen LogP contribution in [0.3, 0.4) is 0 Å². The highest BCUT2D eigenvalue weighted by atomic mass is 16.5. The van der Waals surface area contributed by atoms with Gasteiger partial charge in [0, 0.05) is 24.9 Å². The van der Waals surface area contributed by atoms with Crippen molar-refractivity contribution >= 4 is 12.2 Å². The number of carbonyl (C=O) groups excluding carboxylic acids is 1. The van der Waals surface area contributed by atoms with E-state index in [9.17, 15) is 4.79 Å². The van der Waals surface area contributed by atoms with E-state index in [4.69, 9.17) is 4.74 Å². The monoisotopic (exact) mass is 435 g/mol. The average Bonchev–Trinajstić information content (AvgIpc) is 3.50. The first-order chi connectivity index (χ1) is 16.3. The maximum atomic E-state index is 12.2. The van der Waals surface area contributed by atoms with Gasteiger partial charge < -0.3 is 10.1 Å². The Hall–Kier alpha value is -4.12. The number of nitrogens with zero attached hydrogens (tertiary/aromatic N) is 2. The zero-order chi connectivity index (χ0) is 22.5. The Labute approximate surface area is 193 Å². The third-order valence-corrected chi connectivity index (χ3v) is 5.90. The van der Waals surface area contributed by atoms with Crippen molar-refractivity contribution in [2.45, 2.75) is 12.3 Å². The molecule has 5 heteroatoms. The second-order valence-electron chi connectivity index (χ2n) is 7.99. The highest BCUT2D eigenvalue weighted by Crippen LogP contribution is 2.44. The lowest BCUT2D eigenvalue weighted by Crippen LogP contribution is -2.26. The van der Waals surface area contributed by atoms with Crippen LogP contribution in [0.5, 0.6) is 0 Å². The lowest BCUT2D eigenvalue weighted by Gasteiger charge is -2.14. The van der Waals surface area contributed by atoms with Crippen molar-refractivity contribution in [3.63, 3.8) is 0 Å². The summed E-state index contributed by atoms with van der Waals surface area (Å²) in [6, 6.07) is 26.7. The summed E-state index contributed by atoms with van der Waals surface area (Å²) in [7, 11) is 0. The Morgan fingerprint density at radius 3 is 2.30 bits per heavy atom. The minimum Gasteiger partial charge on any atom is -0.449 e. The first-order valence-electron chi connectivity index (χ1n) is 11.1. The molecule has 0 saturated carbocycles. The molecule has 0 spiro atoms. The Bertz CT molecular complexity index is 1220. The largest absolute Gasteiger partial charge is 0.449 e. The van der Waals surface area contributed by atoms with Gasteiger partial charge in [0.2, 0.25) is 0 Å². The van der Waals surface area contributed by atoms with Crippen molar-refractivity contribution in [1.29, 1.82) is 0 Å². The smallest absolute Gasteiger partial charge is 0.407 e. The number of alkyl carbamates (subject to hydrolysis) is 1. The van der Waals surface area contributed by atoms with Gasteiger partial charge in [0.1, 0.15) is 6.61 Å². The molecule has 164 valence electrons. The minimum atomic E-state index is -0.381. The first kappa shape index (κ1) is 20.8. The molecule has 4 aromatic rings. The first-order valence-corrected chi connectivity index (χ1v) is 11.1. The van der Waals surface area contributed by atoms with Crippen LogP contribution in [0.25, 0.3) is 22.9 Å². The van der Waals surface area contributed by atoms with E-state index >= 15 is 0 Å². The summed E-state index contributed by atoms with van der Waals surface area (Å²) in [5.74, 6) is 0.0766. The molecule has 0 unspecified atom stereocenters. The second-order valence-corrected chi connectivity index (χ2v) is 7.99. The predicted octanol–water partition coefficient (Wildman–Crippen LogP) is 5.81. The van der Waals surface area contributed by atoms with Crippen molar-refractivity contribution in [2.24, 2.45) is 0 Å². The normalized spacial score (nSPS) is 12.5. The Balaban J connectivity index is 1.09. The number of nitrogens with one attached hydrogen (secondary N) is 1. The molecule has 0 aliphatic heterocycles. The number of amides is 1. The molecule has 33 heavy (non-hydrogen) atoms. The van der Waals surface area contributed by atoms with Crippen molar-refractivity contribution in [2.75, 3.05) is 13.2 Å². The molecule has 5 rings (SSSR count). The average molecular weight is 436 g/mol. The molecule has 1 N–H and O–H groups in total. The SMILES string of the molecule is O=C(NCCC=Cc1ccc(-n2cccn2)cc1)OCC1c2ccccc2-c2ccccc21. The van der Waals surface area contributed by atoms with Crippen LogP contribution in [0.1, 0.15) is 29.0 Å². The van der Waals surface area contributed by atoms with Crippen molar-refractivity contribution in [1.82, 2.24) is 15.1 Å². The van der Waals surface area contributed by atoms with E-state index in [1.165, 1.54) is 22.3 Å². The maximum Gasteiger partial charge on any atom is 0.407 e. The van der Waals surface area contributed by atoms with Gasteiger partial charge in [-0.25, -0.2) is 9.48 Å². The number of rotatable bonds is 7. The van der Waals surface area contributed by atoms with E-state index in [2.05, 4.69) is 34.7 Å². The van der Waals surface area contributed by atoms with E-state index in [1.807, 2.05) is 77.6 Å².